The maximum atomic E-state index is 11.1. The summed E-state index contributed by atoms with van der Waals surface area (Å²) in [5.74, 6) is 0.288. The van der Waals surface area contributed by atoms with Gasteiger partial charge in [-0.2, -0.15) is 0 Å². The summed E-state index contributed by atoms with van der Waals surface area (Å²) in [6, 6.07) is 0.432. The summed E-state index contributed by atoms with van der Waals surface area (Å²) in [4.78, 5) is 12.9. The van der Waals surface area contributed by atoms with Crippen LogP contribution in [0.25, 0.3) is 0 Å². The van der Waals surface area contributed by atoms with Crippen molar-refractivity contribution in [1.82, 2.24) is 4.90 Å². The number of carbonyl (C=O) groups excluding carboxylic acids is 1. The number of hydrogen-bond donors (Lipinski definition) is 0. The van der Waals surface area contributed by atoms with E-state index in [9.17, 15) is 4.79 Å². The zero-order chi connectivity index (χ0) is 7.56. The molecular weight excluding hydrogens is 194 g/mol. The molecule has 3 heteroatoms. The molecule has 0 bridgehead atoms. The second kappa shape index (κ2) is 3.37. The average molecular weight is 206 g/mol. The molecule has 1 saturated heterocycles. The van der Waals surface area contributed by atoms with Crippen LogP contribution in [0.15, 0.2) is 0 Å². The SMILES string of the molecule is CN1C(=O)CCC[C@@H]1CBr. The van der Waals surface area contributed by atoms with Crippen molar-refractivity contribution < 1.29 is 4.79 Å². The number of halogens is 1. The molecule has 0 radical (unpaired) electrons. The predicted molar refractivity (Wildman–Crippen MR) is 44.2 cm³/mol. The van der Waals surface area contributed by atoms with Gasteiger partial charge >= 0.3 is 0 Å². The molecule has 0 aromatic heterocycles. The summed E-state index contributed by atoms with van der Waals surface area (Å²) in [6.45, 7) is 0. The van der Waals surface area contributed by atoms with Crippen molar-refractivity contribution in [2.24, 2.45) is 0 Å². The Balaban J connectivity index is 2.51. The Labute approximate surface area is 69.7 Å². The summed E-state index contributed by atoms with van der Waals surface area (Å²) in [5, 5.41) is 0.912. The number of alkyl halides is 1. The van der Waals surface area contributed by atoms with Gasteiger partial charge in [-0.15, -0.1) is 0 Å². The second-order valence-corrected chi connectivity index (χ2v) is 3.35. The van der Waals surface area contributed by atoms with Crippen LogP contribution in [0.3, 0.4) is 0 Å². The van der Waals surface area contributed by atoms with Crippen LogP contribution in [-0.2, 0) is 4.79 Å². The van der Waals surface area contributed by atoms with Crippen LogP contribution in [0.1, 0.15) is 19.3 Å². The fourth-order valence-corrected chi connectivity index (χ4v) is 2.00. The van der Waals surface area contributed by atoms with Crippen LogP contribution in [0.4, 0.5) is 0 Å². The lowest BCUT2D eigenvalue weighted by Crippen LogP contribution is -2.41. The second-order valence-electron chi connectivity index (χ2n) is 2.70. The minimum atomic E-state index is 0.288. The normalized spacial score (nSPS) is 27.2. The van der Waals surface area contributed by atoms with E-state index >= 15 is 0 Å². The monoisotopic (exact) mass is 205 g/mol. The molecule has 1 aliphatic rings. The Morgan fingerprint density at radius 2 is 2.50 bits per heavy atom. The number of rotatable bonds is 1. The Morgan fingerprint density at radius 3 is 3.00 bits per heavy atom. The molecule has 0 aliphatic carbocycles. The molecule has 0 spiro atoms. The quantitative estimate of drug-likeness (QED) is 0.593. The third-order valence-electron chi connectivity index (χ3n) is 2.05. The van der Waals surface area contributed by atoms with E-state index in [1.54, 1.807) is 0 Å². The Bertz CT molecular complexity index is 138. The maximum Gasteiger partial charge on any atom is 0.222 e. The maximum absolute atomic E-state index is 11.1. The highest BCUT2D eigenvalue weighted by Gasteiger charge is 2.22. The Kier molecular flexibility index (Phi) is 2.72. The molecule has 10 heavy (non-hydrogen) atoms. The van der Waals surface area contributed by atoms with E-state index < -0.39 is 0 Å². The molecular formula is C7H12BrNO. The van der Waals surface area contributed by atoms with Gasteiger partial charge in [-0.05, 0) is 12.8 Å². The van der Waals surface area contributed by atoms with Gasteiger partial charge in [-0.3, -0.25) is 4.79 Å². The van der Waals surface area contributed by atoms with E-state index in [1.165, 1.54) is 0 Å². The largest absolute Gasteiger partial charge is 0.342 e. The number of amides is 1. The summed E-state index contributed by atoms with van der Waals surface area (Å²) >= 11 is 3.38. The summed E-state index contributed by atoms with van der Waals surface area (Å²) in [5.41, 5.74) is 0. The van der Waals surface area contributed by atoms with Crippen molar-refractivity contribution in [1.29, 1.82) is 0 Å². The van der Waals surface area contributed by atoms with E-state index in [4.69, 9.17) is 0 Å². The lowest BCUT2D eigenvalue weighted by molar-refractivity contribution is -0.133. The summed E-state index contributed by atoms with van der Waals surface area (Å²) < 4.78 is 0. The molecule has 0 aromatic carbocycles. The molecule has 1 amide bonds. The third-order valence-corrected chi connectivity index (χ3v) is 2.79. The first kappa shape index (κ1) is 8.05. The highest BCUT2D eigenvalue weighted by molar-refractivity contribution is 9.09. The van der Waals surface area contributed by atoms with Crippen molar-refractivity contribution in [3.8, 4) is 0 Å². The van der Waals surface area contributed by atoms with Gasteiger partial charge in [0.25, 0.3) is 0 Å². The first-order valence-corrected chi connectivity index (χ1v) is 4.69. The van der Waals surface area contributed by atoms with Gasteiger partial charge in [-0.1, -0.05) is 15.9 Å². The standard InChI is InChI=1S/C7H12BrNO/c1-9-6(5-8)3-2-4-7(9)10/h6H,2-5H2,1H3/t6-/m1/s1. The van der Waals surface area contributed by atoms with Crippen LogP contribution in [0, 0.1) is 0 Å². The van der Waals surface area contributed by atoms with E-state index in [0.717, 1.165) is 24.6 Å². The topological polar surface area (TPSA) is 20.3 Å². The van der Waals surface area contributed by atoms with Gasteiger partial charge in [-0.25, -0.2) is 0 Å². The number of likely N-dealkylation sites (tertiary alicyclic amines) is 1. The number of hydrogen-bond acceptors (Lipinski definition) is 1. The first-order chi connectivity index (χ1) is 4.75. The minimum Gasteiger partial charge on any atom is -0.342 e. The molecule has 0 N–H and O–H groups in total. The van der Waals surface area contributed by atoms with Gasteiger partial charge in [0.2, 0.25) is 5.91 Å². The molecule has 0 saturated carbocycles. The Hall–Kier alpha value is -0.0500. The zero-order valence-electron chi connectivity index (χ0n) is 6.14. The van der Waals surface area contributed by atoms with Gasteiger partial charge < -0.3 is 4.90 Å². The van der Waals surface area contributed by atoms with E-state index in [1.807, 2.05) is 11.9 Å². The first-order valence-electron chi connectivity index (χ1n) is 3.57. The van der Waals surface area contributed by atoms with Crippen LogP contribution in [0.5, 0.6) is 0 Å². The highest BCUT2D eigenvalue weighted by Crippen LogP contribution is 2.17. The number of piperidine rings is 1. The predicted octanol–water partition coefficient (Wildman–Crippen LogP) is 1.39. The zero-order valence-corrected chi connectivity index (χ0v) is 7.73. The molecule has 1 heterocycles. The Morgan fingerprint density at radius 1 is 1.80 bits per heavy atom. The fourth-order valence-electron chi connectivity index (χ4n) is 1.24. The van der Waals surface area contributed by atoms with Crippen LogP contribution >= 0.6 is 15.9 Å². The van der Waals surface area contributed by atoms with Crippen molar-refractivity contribution in [3.05, 3.63) is 0 Å². The van der Waals surface area contributed by atoms with Crippen molar-refractivity contribution in [2.75, 3.05) is 12.4 Å². The number of carbonyl (C=O) groups is 1. The van der Waals surface area contributed by atoms with E-state index in [2.05, 4.69) is 15.9 Å². The average Bonchev–Trinajstić information content (AvgIpc) is 1.95. The molecule has 0 aromatic rings. The minimum absolute atomic E-state index is 0.288. The van der Waals surface area contributed by atoms with Crippen LogP contribution in [-0.4, -0.2) is 29.2 Å². The molecule has 58 valence electrons. The molecule has 1 atom stereocenters. The van der Waals surface area contributed by atoms with Crippen LogP contribution < -0.4 is 0 Å². The van der Waals surface area contributed by atoms with Gasteiger partial charge in [0, 0.05) is 24.8 Å². The molecule has 1 fully saturated rings. The fraction of sp³-hybridized carbons (Fsp3) is 0.857. The van der Waals surface area contributed by atoms with Crippen molar-refractivity contribution in [3.63, 3.8) is 0 Å². The molecule has 1 aliphatic heterocycles. The lowest BCUT2D eigenvalue weighted by Gasteiger charge is -2.30. The van der Waals surface area contributed by atoms with E-state index in [-0.39, 0.29) is 5.91 Å². The number of nitrogens with zero attached hydrogens (tertiary/aromatic N) is 1. The van der Waals surface area contributed by atoms with Crippen LogP contribution in [0.2, 0.25) is 0 Å². The van der Waals surface area contributed by atoms with Gasteiger partial charge in [0.15, 0.2) is 0 Å². The highest BCUT2D eigenvalue weighted by atomic mass is 79.9. The van der Waals surface area contributed by atoms with Gasteiger partial charge in [0.1, 0.15) is 0 Å². The lowest BCUT2D eigenvalue weighted by atomic mass is 10.0. The molecule has 2 nitrogen and oxygen atoms in total. The summed E-state index contributed by atoms with van der Waals surface area (Å²) in [7, 11) is 1.88. The molecule has 1 rings (SSSR count). The smallest absolute Gasteiger partial charge is 0.222 e. The van der Waals surface area contributed by atoms with Gasteiger partial charge in [0.05, 0.1) is 0 Å². The third kappa shape index (κ3) is 1.51. The van der Waals surface area contributed by atoms with Crippen molar-refractivity contribution in [2.45, 2.75) is 25.3 Å². The molecule has 0 unspecified atom stereocenters. The summed E-state index contributed by atoms with van der Waals surface area (Å²) in [6.07, 6.45) is 2.94. The van der Waals surface area contributed by atoms with E-state index in [0.29, 0.717) is 6.04 Å². The van der Waals surface area contributed by atoms with Crippen molar-refractivity contribution >= 4 is 21.8 Å².